The van der Waals surface area contributed by atoms with Crippen LogP contribution in [0.15, 0.2) is 0 Å². The van der Waals surface area contributed by atoms with E-state index < -0.39 is 78.5 Å². The molecule has 0 heterocycles. The third kappa shape index (κ3) is 18.4. The third-order valence-electron chi connectivity index (χ3n) is 7.07. The molecule has 0 aliphatic carbocycles. The highest BCUT2D eigenvalue weighted by molar-refractivity contribution is 5.97. The number of carboxylic acid groups (broad SMARTS) is 1. The van der Waals surface area contributed by atoms with Crippen molar-refractivity contribution >= 4 is 41.9 Å². The fraction of sp³-hybridized carbons (Fsp3) is 0.750. The zero-order valence-corrected chi connectivity index (χ0v) is 27.5. The number of hydrogen-bond donors (Lipinski definition) is 12. The van der Waals surface area contributed by atoms with Crippen LogP contribution in [0.3, 0.4) is 0 Å². The Morgan fingerprint density at radius 2 is 1.45 bits per heavy atom. The highest BCUT2D eigenvalue weighted by Gasteiger charge is 2.37. The van der Waals surface area contributed by atoms with Crippen molar-refractivity contribution in [2.24, 2.45) is 11.5 Å². The topological polar surface area (TPSA) is 348 Å². The van der Waals surface area contributed by atoms with Crippen LogP contribution in [-0.4, -0.2) is 152 Å². The number of unbranched alkanes of at least 4 members (excludes halogenated alkanes) is 1. The van der Waals surface area contributed by atoms with Crippen LogP contribution in [0.1, 0.15) is 64.7 Å². The second-order valence-corrected chi connectivity index (χ2v) is 11.2. The van der Waals surface area contributed by atoms with Gasteiger partial charge in [0.25, 0.3) is 0 Å². The number of nitrogens with one attached hydrogen (secondary N) is 4. The number of hydroxylamine groups is 4. The number of aliphatic hydroxyl groups excluding tert-OH is 3. The second kappa shape index (κ2) is 25.0. The van der Waals surface area contributed by atoms with Crippen LogP contribution in [0.4, 0.5) is 0 Å². The van der Waals surface area contributed by atoms with Gasteiger partial charge in [0.15, 0.2) is 6.10 Å². The summed E-state index contributed by atoms with van der Waals surface area (Å²) >= 11 is 0. The van der Waals surface area contributed by atoms with E-state index in [1.165, 1.54) is 0 Å². The standard InChI is InChI=1S/C28H52N8O13/c1-2-7-17(39)14-21(40)36(49)13-5-8-18(30)24(42)34-22(23(41)28(46)47)27(45)33-20(15-37)26(44)32-19(9-6-12-35(48)16-38)25(43)31-11-4-3-10-29/h16-20,22-23,37,39,41,48-49H,2-15,29-30H2,1H3,(H,31,43)(H,32,44)(H,33,45)(H,34,42)(H,46,47)/t17-,18-,19-,20-,22+,23+/m0/s1. The quantitative estimate of drug-likeness (QED) is 0.0165. The molecular weight excluding hydrogens is 656 g/mol. The monoisotopic (exact) mass is 708 g/mol. The minimum atomic E-state index is -2.54. The maximum atomic E-state index is 13.0. The minimum Gasteiger partial charge on any atom is -0.479 e. The summed E-state index contributed by atoms with van der Waals surface area (Å²) in [7, 11) is 0. The van der Waals surface area contributed by atoms with Crippen LogP contribution < -0.4 is 32.7 Å². The van der Waals surface area contributed by atoms with Gasteiger partial charge in [0, 0.05) is 19.6 Å². The molecule has 6 amide bonds. The van der Waals surface area contributed by atoms with Gasteiger partial charge in [-0.05, 0) is 51.5 Å². The summed E-state index contributed by atoms with van der Waals surface area (Å²) in [4.78, 5) is 85.6. The van der Waals surface area contributed by atoms with Crippen molar-refractivity contribution in [2.45, 2.75) is 101 Å². The molecule has 282 valence electrons. The van der Waals surface area contributed by atoms with Crippen molar-refractivity contribution in [1.29, 1.82) is 0 Å². The summed E-state index contributed by atoms with van der Waals surface area (Å²) < 4.78 is 0. The van der Waals surface area contributed by atoms with Gasteiger partial charge in [0.05, 0.1) is 25.2 Å². The number of rotatable bonds is 27. The van der Waals surface area contributed by atoms with E-state index in [1.54, 1.807) is 0 Å². The van der Waals surface area contributed by atoms with E-state index >= 15 is 0 Å². The molecule has 21 nitrogen and oxygen atoms in total. The predicted octanol–water partition coefficient (Wildman–Crippen LogP) is -4.76. The van der Waals surface area contributed by atoms with Crippen LogP contribution in [0.5, 0.6) is 0 Å². The van der Waals surface area contributed by atoms with E-state index in [0.717, 1.165) is 0 Å². The zero-order chi connectivity index (χ0) is 37.5. The molecule has 49 heavy (non-hydrogen) atoms. The van der Waals surface area contributed by atoms with Gasteiger partial charge in [-0.2, -0.15) is 0 Å². The fourth-order valence-electron chi connectivity index (χ4n) is 4.26. The first-order chi connectivity index (χ1) is 23.1. The number of carboxylic acids is 1. The second-order valence-electron chi connectivity index (χ2n) is 11.2. The lowest BCUT2D eigenvalue weighted by Crippen LogP contribution is -2.62. The first-order valence-corrected chi connectivity index (χ1v) is 15.9. The summed E-state index contributed by atoms with van der Waals surface area (Å²) in [5, 5.41) is 67.8. The normalized spacial score (nSPS) is 14.6. The SMILES string of the molecule is CCC[C@H](O)CC(=O)N(O)CCC[C@H](N)C(=O)N[C@@H](C(=O)N[C@@H](CO)C(=O)N[C@@H](CCCN(O)C=O)C(=O)NCCCCN)[C@@H](O)C(=O)O. The molecule has 0 aliphatic heterocycles. The van der Waals surface area contributed by atoms with E-state index in [1.807, 2.05) is 17.6 Å². The largest absolute Gasteiger partial charge is 0.479 e. The molecule has 0 saturated carbocycles. The highest BCUT2D eigenvalue weighted by atomic mass is 16.5. The van der Waals surface area contributed by atoms with Crippen LogP contribution >= 0.6 is 0 Å². The van der Waals surface area contributed by atoms with Crippen molar-refractivity contribution in [2.75, 3.05) is 32.8 Å². The van der Waals surface area contributed by atoms with E-state index in [9.17, 15) is 64.4 Å². The van der Waals surface area contributed by atoms with Crippen LogP contribution in [-0.2, 0) is 33.6 Å². The molecule has 21 heteroatoms. The number of carbonyl (C=O) groups is 7. The van der Waals surface area contributed by atoms with Gasteiger partial charge in [-0.3, -0.25) is 39.2 Å². The summed E-state index contributed by atoms with van der Waals surface area (Å²) in [6, 6.07) is -6.70. The number of carbonyl (C=O) groups excluding carboxylic acids is 6. The molecule has 14 N–H and O–H groups in total. The van der Waals surface area contributed by atoms with Gasteiger partial charge in [0.1, 0.15) is 18.1 Å². The molecule has 0 aromatic heterocycles. The Balaban J connectivity index is 5.49. The number of aliphatic carboxylic acids is 1. The number of amides is 6. The van der Waals surface area contributed by atoms with Gasteiger partial charge in [0.2, 0.25) is 35.9 Å². The Morgan fingerprint density at radius 3 is 2.02 bits per heavy atom. The van der Waals surface area contributed by atoms with Gasteiger partial charge < -0.3 is 53.2 Å². The van der Waals surface area contributed by atoms with Gasteiger partial charge in [-0.25, -0.2) is 14.9 Å². The van der Waals surface area contributed by atoms with E-state index in [4.69, 9.17) is 11.5 Å². The molecular formula is C28H52N8O13. The molecule has 0 unspecified atom stereocenters. The first kappa shape index (κ1) is 45.0. The molecule has 0 saturated heterocycles. The lowest BCUT2D eigenvalue weighted by Gasteiger charge is -2.26. The third-order valence-corrected chi connectivity index (χ3v) is 7.07. The predicted molar refractivity (Wildman–Crippen MR) is 168 cm³/mol. The van der Waals surface area contributed by atoms with Gasteiger partial charge >= 0.3 is 5.97 Å². The van der Waals surface area contributed by atoms with Gasteiger partial charge in [-0.15, -0.1) is 0 Å². The number of nitrogens with two attached hydrogens (primary N) is 2. The molecule has 0 rings (SSSR count). The Kier molecular flexibility index (Phi) is 23.0. The molecule has 0 bridgehead atoms. The molecule has 0 radical (unpaired) electrons. The molecule has 6 atom stereocenters. The van der Waals surface area contributed by atoms with Crippen LogP contribution in [0.2, 0.25) is 0 Å². The Labute approximate surface area is 283 Å². The summed E-state index contributed by atoms with van der Waals surface area (Å²) in [5.41, 5.74) is 11.3. The average Bonchev–Trinajstić information content (AvgIpc) is 3.06. The van der Waals surface area contributed by atoms with Gasteiger partial charge in [-0.1, -0.05) is 13.3 Å². The van der Waals surface area contributed by atoms with Crippen molar-refractivity contribution in [3.05, 3.63) is 0 Å². The number of aliphatic hydroxyl groups is 3. The number of nitrogens with zero attached hydrogens (tertiary/aromatic N) is 2. The Morgan fingerprint density at radius 1 is 0.816 bits per heavy atom. The van der Waals surface area contributed by atoms with E-state index in [2.05, 4.69) is 10.6 Å². The maximum absolute atomic E-state index is 13.0. The van der Waals surface area contributed by atoms with Crippen molar-refractivity contribution in [1.82, 2.24) is 31.4 Å². The summed E-state index contributed by atoms with van der Waals surface area (Å²) in [6.07, 6.45) is -1.81. The highest BCUT2D eigenvalue weighted by Crippen LogP contribution is 2.07. The lowest BCUT2D eigenvalue weighted by molar-refractivity contribution is -0.167. The van der Waals surface area contributed by atoms with E-state index in [-0.39, 0.29) is 58.1 Å². The summed E-state index contributed by atoms with van der Waals surface area (Å²) in [6.45, 7) is 0.878. The minimum absolute atomic E-state index is 0.0287. The number of hydrogen-bond acceptors (Lipinski definition) is 14. The summed E-state index contributed by atoms with van der Waals surface area (Å²) in [5.74, 6) is -6.98. The first-order valence-electron chi connectivity index (χ1n) is 15.9. The van der Waals surface area contributed by atoms with E-state index in [0.29, 0.717) is 42.4 Å². The Bertz CT molecular complexity index is 1070. The lowest BCUT2D eigenvalue weighted by atomic mass is 10.1. The van der Waals surface area contributed by atoms with Crippen molar-refractivity contribution in [3.8, 4) is 0 Å². The zero-order valence-electron chi connectivity index (χ0n) is 27.5. The molecule has 0 spiro atoms. The average molecular weight is 709 g/mol. The molecule has 0 aromatic carbocycles. The smallest absolute Gasteiger partial charge is 0.335 e. The van der Waals surface area contributed by atoms with Crippen LogP contribution in [0, 0.1) is 0 Å². The fourth-order valence-corrected chi connectivity index (χ4v) is 4.26. The van der Waals surface area contributed by atoms with Crippen LogP contribution in [0.25, 0.3) is 0 Å². The van der Waals surface area contributed by atoms with Crippen molar-refractivity contribution < 1.29 is 64.4 Å². The Hall–Kier alpha value is -3.99. The maximum Gasteiger partial charge on any atom is 0.335 e. The molecule has 0 aromatic rings. The molecule has 0 aliphatic rings. The molecule has 0 fully saturated rings. The van der Waals surface area contributed by atoms with Crippen molar-refractivity contribution in [3.63, 3.8) is 0 Å².